The quantitative estimate of drug-likeness (QED) is 0.467. The molecule has 1 amide bonds. The zero-order valence-corrected chi connectivity index (χ0v) is 12.3. The van der Waals surface area contributed by atoms with Crippen LogP contribution in [0.25, 0.3) is 0 Å². The first-order chi connectivity index (χ1) is 8.76. The fourth-order valence-electron chi connectivity index (χ4n) is 1.63. The number of Topliss-reactive ketones (excluding diaryl/α,β-unsaturated/α-hetero) is 1. The Morgan fingerprint density at radius 2 is 1.74 bits per heavy atom. The van der Waals surface area contributed by atoms with Gasteiger partial charge in [0.25, 0.3) is 10.1 Å². The molecule has 0 saturated carbocycles. The minimum atomic E-state index is -4.28. The first-order valence-corrected chi connectivity index (χ1v) is 8.12. The maximum Gasteiger partial charge on any atom is 0.267 e. The zero-order valence-electron chi connectivity index (χ0n) is 11.5. The molecule has 0 aliphatic heterocycles. The van der Waals surface area contributed by atoms with Gasteiger partial charge in [0, 0.05) is 6.42 Å². The number of carbonyl (C=O) groups is 2. The molecular weight excluding hydrogens is 270 g/mol. The number of ketones is 1. The van der Waals surface area contributed by atoms with E-state index in [4.69, 9.17) is 4.55 Å². The highest BCUT2D eigenvalue weighted by molar-refractivity contribution is 7.85. The lowest BCUT2D eigenvalue weighted by molar-refractivity contribution is -0.126. The highest BCUT2D eigenvalue weighted by Crippen LogP contribution is 2.05. The van der Waals surface area contributed by atoms with Gasteiger partial charge in [0.1, 0.15) is 11.8 Å². The van der Waals surface area contributed by atoms with Crippen molar-refractivity contribution in [2.75, 3.05) is 5.75 Å². The lowest BCUT2D eigenvalue weighted by Gasteiger charge is -2.14. The van der Waals surface area contributed by atoms with Crippen LogP contribution in [-0.2, 0) is 19.7 Å². The van der Waals surface area contributed by atoms with E-state index >= 15 is 0 Å². The van der Waals surface area contributed by atoms with Crippen LogP contribution in [0, 0.1) is 0 Å². The average molecular weight is 293 g/mol. The Hall–Kier alpha value is -0.950. The van der Waals surface area contributed by atoms with Crippen LogP contribution in [0.15, 0.2) is 0 Å². The van der Waals surface area contributed by atoms with Crippen molar-refractivity contribution in [3.05, 3.63) is 0 Å². The fourth-order valence-corrected chi connectivity index (χ4v) is 2.37. The first-order valence-electron chi connectivity index (χ1n) is 6.51. The number of unbranched alkanes of at least 4 members (excludes halogenated alkanes) is 4. The molecule has 0 heterocycles. The van der Waals surface area contributed by atoms with Crippen LogP contribution in [0.1, 0.15) is 52.4 Å². The molecule has 0 aromatic carbocycles. The predicted octanol–water partition coefficient (Wildman–Crippen LogP) is 1.31. The number of hydrogen-bond acceptors (Lipinski definition) is 4. The molecule has 1 atom stereocenters. The molecule has 0 spiro atoms. The molecule has 0 fully saturated rings. The third-order valence-electron chi connectivity index (χ3n) is 2.71. The van der Waals surface area contributed by atoms with Crippen LogP contribution in [-0.4, -0.2) is 36.5 Å². The number of amides is 1. The summed E-state index contributed by atoms with van der Waals surface area (Å²) < 4.78 is 30.1. The summed E-state index contributed by atoms with van der Waals surface area (Å²) in [5.41, 5.74) is 0. The van der Waals surface area contributed by atoms with Crippen molar-refractivity contribution in [3.63, 3.8) is 0 Å². The average Bonchev–Trinajstić information content (AvgIpc) is 2.26. The van der Waals surface area contributed by atoms with Gasteiger partial charge in [-0.25, -0.2) is 0 Å². The van der Waals surface area contributed by atoms with Crippen LogP contribution in [0.3, 0.4) is 0 Å². The number of carbonyl (C=O) groups excluding carboxylic acids is 2. The Labute approximate surface area is 114 Å². The van der Waals surface area contributed by atoms with E-state index in [1.807, 2.05) is 0 Å². The number of nitrogens with one attached hydrogen (secondary N) is 1. The normalized spacial score (nSPS) is 13.0. The molecule has 7 heteroatoms. The van der Waals surface area contributed by atoms with E-state index in [1.54, 1.807) is 0 Å². The van der Waals surface area contributed by atoms with E-state index in [-0.39, 0.29) is 12.3 Å². The zero-order chi connectivity index (χ0) is 14.9. The Kier molecular flexibility index (Phi) is 8.58. The summed E-state index contributed by atoms with van der Waals surface area (Å²) in [5, 5.41) is 2.34. The number of hydrogen-bond donors (Lipinski definition) is 2. The molecule has 1 unspecified atom stereocenters. The third kappa shape index (κ3) is 10.6. The fraction of sp³-hybridized carbons (Fsp3) is 0.833. The second kappa shape index (κ2) is 9.03. The van der Waals surface area contributed by atoms with Gasteiger partial charge in [-0.2, -0.15) is 8.42 Å². The largest absolute Gasteiger partial charge is 0.345 e. The van der Waals surface area contributed by atoms with Crippen LogP contribution in [0.2, 0.25) is 0 Å². The highest BCUT2D eigenvalue weighted by atomic mass is 32.2. The Balaban J connectivity index is 4.08. The van der Waals surface area contributed by atoms with Gasteiger partial charge in [0.15, 0.2) is 5.78 Å². The van der Waals surface area contributed by atoms with E-state index in [2.05, 4.69) is 12.2 Å². The molecule has 0 aromatic rings. The van der Waals surface area contributed by atoms with E-state index in [0.717, 1.165) is 25.7 Å². The molecule has 0 bridgehead atoms. The van der Waals surface area contributed by atoms with E-state index in [9.17, 15) is 18.0 Å². The summed E-state index contributed by atoms with van der Waals surface area (Å²) in [5.74, 6) is -1.62. The van der Waals surface area contributed by atoms with Gasteiger partial charge in [0.05, 0.1) is 0 Å². The van der Waals surface area contributed by atoms with Gasteiger partial charge in [-0.3, -0.25) is 14.1 Å². The molecule has 0 aromatic heterocycles. The minimum absolute atomic E-state index is 0.263. The molecule has 19 heavy (non-hydrogen) atoms. The summed E-state index contributed by atoms with van der Waals surface area (Å²) >= 11 is 0. The lowest BCUT2D eigenvalue weighted by atomic mass is 10.1. The van der Waals surface area contributed by atoms with Crippen molar-refractivity contribution >= 4 is 21.8 Å². The summed E-state index contributed by atoms with van der Waals surface area (Å²) in [4.78, 5) is 22.7. The van der Waals surface area contributed by atoms with Crippen molar-refractivity contribution < 1.29 is 22.6 Å². The van der Waals surface area contributed by atoms with E-state index < -0.39 is 27.7 Å². The van der Waals surface area contributed by atoms with Crippen LogP contribution in [0.5, 0.6) is 0 Å². The summed E-state index contributed by atoms with van der Waals surface area (Å²) in [7, 11) is -4.28. The summed E-state index contributed by atoms with van der Waals surface area (Å²) in [6.07, 6.45) is 5.21. The lowest BCUT2D eigenvalue weighted by Crippen LogP contribution is -2.44. The van der Waals surface area contributed by atoms with Gasteiger partial charge in [-0.05, 0) is 13.3 Å². The molecule has 0 radical (unpaired) electrons. The van der Waals surface area contributed by atoms with Crippen LogP contribution >= 0.6 is 0 Å². The van der Waals surface area contributed by atoms with Gasteiger partial charge in [-0.1, -0.05) is 32.6 Å². The highest BCUT2D eigenvalue weighted by Gasteiger charge is 2.22. The topological polar surface area (TPSA) is 101 Å². The second-order valence-corrected chi connectivity index (χ2v) is 6.14. The molecule has 6 nitrogen and oxygen atoms in total. The maximum absolute atomic E-state index is 11.5. The monoisotopic (exact) mass is 293 g/mol. The van der Waals surface area contributed by atoms with Gasteiger partial charge >= 0.3 is 0 Å². The molecular formula is C12H23NO5S. The van der Waals surface area contributed by atoms with Crippen molar-refractivity contribution in [2.24, 2.45) is 0 Å². The van der Waals surface area contributed by atoms with Crippen molar-refractivity contribution in [2.45, 2.75) is 58.4 Å². The molecule has 0 saturated heterocycles. The van der Waals surface area contributed by atoms with E-state index in [1.165, 1.54) is 6.92 Å². The van der Waals surface area contributed by atoms with Gasteiger partial charge in [0.2, 0.25) is 5.91 Å². The molecule has 2 N–H and O–H groups in total. The van der Waals surface area contributed by atoms with Gasteiger partial charge < -0.3 is 5.32 Å². The molecule has 0 aliphatic rings. The maximum atomic E-state index is 11.5. The van der Waals surface area contributed by atoms with Gasteiger partial charge in [-0.15, -0.1) is 0 Å². The number of rotatable bonds is 10. The molecule has 0 rings (SSSR count). The van der Waals surface area contributed by atoms with Crippen LogP contribution in [0.4, 0.5) is 0 Å². The van der Waals surface area contributed by atoms with Crippen molar-refractivity contribution in [1.29, 1.82) is 0 Å². The second-order valence-electron chi connectivity index (χ2n) is 4.64. The predicted molar refractivity (Wildman–Crippen MR) is 72.4 cm³/mol. The van der Waals surface area contributed by atoms with Crippen LogP contribution < -0.4 is 5.32 Å². The van der Waals surface area contributed by atoms with Crippen molar-refractivity contribution in [3.8, 4) is 0 Å². The SMILES string of the molecule is CCCCCCCC(=O)NC(CS(=O)(=O)O)C(C)=O. The molecule has 0 aliphatic carbocycles. The Morgan fingerprint density at radius 1 is 1.16 bits per heavy atom. The smallest absolute Gasteiger partial charge is 0.267 e. The summed E-state index contributed by atoms with van der Waals surface area (Å²) in [6, 6.07) is -1.17. The van der Waals surface area contributed by atoms with E-state index in [0.29, 0.717) is 6.42 Å². The van der Waals surface area contributed by atoms with Crippen molar-refractivity contribution in [1.82, 2.24) is 5.32 Å². The minimum Gasteiger partial charge on any atom is -0.345 e. The third-order valence-corrected chi connectivity index (χ3v) is 3.47. The standard InChI is InChI=1S/C12H23NO5S/c1-3-4-5-6-7-8-12(15)13-11(10(2)14)9-19(16,17)18/h11H,3-9H2,1-2H3,(H,13,15)(H,16,17,18). The Morgan fingerprint density at radius 3 is 2.21 bits per heavy atom. The Bertz CT molecular complexity index is 391. The molecule has 112 valence electrons. The summed E-state index contributed by atoms with van der Waals surface area (Å²) in [6.45, 7) is 3.27. The first kappa shape index (κ1) is 18.0.